The number of urea groups is 1. The topological polar surface area (TPSA) is 89.1 Å². The molecule has 1 aromatic rings. The van der Waals surface area contributed by atoms with Gasteiger partial charge in [-0.1, -0.05) is 44.2 Å². The van der Waals surface area contributed by atoms with Gasteiger partial charge in [0.15, 0.2) is 5.96 Å². The van der Waals surface area contributed by atoms with Crippen LogP contribution in [-0.4, -0.2) is 74.0 Å². The van der Waals surface area contributed by atoms with Gasteiger partial charge in [0.25, 0.3) is 0 Å². The first-order valence-corrected chi connectivity index (χ1v) is 9.42. The van der Waals surface area contributed by atoms with Crippen molar-refractivity contribution in [3.05, 3.63) is 35.9 Å². The highest BCUT2D eigenvalue weighted by Crippen LogP contribution is 2.19. The fourth-order valence-corrected chi connectivity index (χ4v) is 3.18. The molecule has 1 saturated heterocycles. The van der Waals surface area contributed by atoms with E-state index in [1.165, 1.54) is 10.5 Å². The van der Waals surface area contributed by atoms with E-state index in [1.54, 1.807) is 7.05 Å². The van der Waals surface area contributed by atoms with Crippen LogP contribution in [0.4, 0.5) is 4.79 Å². The van der Waals surface area contributed by atoms with Gasteiger partial charge < -0.3 is 16.0 Å². The van der Waals surface area contributed by atoms with Gasteiger partial charge in [-0.3, -0.25) is 19.6 Å². The minimum Gasteiger partial charge on any atom is -0.355 e. The maximum atomic E-state index is 11.6. The number of guanidine groups is 1. The van der Waals surface area contributed by atoms with E-state index in [2.05, 4.69) is 64.0 Å². The summed E-state index contributed by atoms with van der Waals surface area (Å²) in [5.41, 5.74) is 1.25. The monoisotopic (exact) mass is 502 g/mol. The van der Waals surface area contributed by atoms with Crippen molar-refractivity contribution in [2.24, 2.45) is 4.99 Å². The Hall–Kier alpha value is -1.88. The molecular formula is C19H31IN6O2. The van der Waals surface area contributed by atoms with Gasteiger partial charge in [-0.15, -0.1) is 24.0 Å². The van der Waals surface area contributed by atoms with E-state index in [0.717, 1.165) is 13.1 Å². The molecule has 156 valence electrons. The quantitative estimate of drug-likeness (QED) is 0.206. The molecule has 0 aromatic heterocycles. The SMILES string of the molecule is CCN(CC)C(CNC(=NC)NCCN1C(=O)CNC1=O)c1ccccc1.I. The summed E-state index contributed by atoms with van der Waals surface area (Å²) in [7, 11) is 1.71. The fourth-order valence-electron chi connectivity index (χ4n) is 3.18. The van der Waals surface area contributed by atoms with E-state index in [9.17, 15) is 9.59 Å². The summed E-state index contributed by atoms with van der Waals surface area (Å²) >= 11 is 0. The minimum absolute atomic E-state index is 0. The largest absolute Gasteiger partial charge is 0.355 e. The second-order valence-corrected chi connectivity index (χ2v) is 6.23. The minimum atomic E-state index is -0.338. The van der Waals surface area contributed by atoms with Crippen LogP contribution in [0.5, 0.6) is 0 Å². The number of benzene rings is 1. The number of amides is 3. The van der Waals surface area contributed by atoms with Gasteiger partial charge in [-0.2, -0.15) is 0 Å². The van der Waals surface area contributed by atoms with Crippen molar-refractivity contribution in [2.45, 2.75) is 19.9 Å². The average molecular weight is 502 g/mol. The molecule has 3 N–H and O–H groups in total. The van der Waals surface area contributed by atoms with Crippen LogP contribution in [0.15, 0.2) is 35.3 Å². The molecule has 1 heterocycles. The first-order valence-electron chi connectivity index (χ1n) is 9.42. The third-order valence-corrected chi connectivity index (χ3v) is 4.69. The number of nitrogens with one attached hydrogen (secondary N) is 3. The van der Waals surface area contributed by atoms with Gasteiger partial charge in [-0.25, -0.2) is 4.79 Å². The van der Waals surface area contributed by atoms with E-state index in [-0.39, 0.29) is 48.5 Å². The summed E-state index contributed by atoms with van der Waals surface area (Å²) in [6, 6.07) is 10.3. The summed E-state index contributed by atoms with van der Waals surface area (Å²) < 4.78 is 0. The summed E-state index contributed by atoms with van der Waals surface area (Å²) in [4.78, 5) is 31.0. The fraction of sp³-hybridized carbons (Fsp3) is 0.526. The second-order valence-electron chi connectivity index (χ2n) is 6.23. The molecule has 8 nitrogen and oxygen atoms in total. The van der Waals surface area contributed by atoms with Crippen molar-refractivity contribution >= 4 is 41.9 Å². The van der Waals surface area contributed by atoms with Gasteiger partial charge >= 0.3 is 6.03 Å². The Bertz CT molecular complexity index is 635. The molecular weight excluding hydrogens is 471 g/mol. The third-order valence-electron chi connectivity index (χ3n) is 4.69. The van der Waals surface area contributed by atoms with Crippen molar-refractivity contribution < 1.29 is 9.59 Å². The van der Waals surface area contributed by atoms with Crippen LogP contribution in [0.1, 0.15) is 25.5 Å². The summed E-state index contributed by atoms with van der Waals surface area (Å²) in [5.74, 6) is 0.450. The zero-order chi connectivity index (χ0) is 19.6. The molecule has 0 spiro atoms. The standard InChI is InChI=1S/C19H30N6O2.HI/c1-4-24(5-2)16(15-9-7-6-8-10-15)13-22-18(20-3)21-11-12-25-17(26)14-23-19(25)27;/h6-10,16H,4-5,11-14H2,1-3H3,(H,23,27)(H2,20,21,22);1H. The Kier molecular flexibility index (Phi) is 10.8. The lowest BCUT2D eigenvalue weighted by Gasteiger charge is -2.31. The molecule has 1 fully saturated rings. The summed E-state index contributed by atoms with van der Waals surface area (Å²) in [6.07, 6.45) is 0. The second kappa shape index (κ2) is 12.6. The number of rotatable bonds is 9. The van der Waals surface area contributed by atoms with Crippen LogP contribution in [0, 0.1) is 0 Å². The predicted octanol–water partition coefficient (Wildman–Crippen LogP) is 1.40. The molecule has 0 bridgehead atoms. The summed E-state index contributed by atoms with van der Waals surface area (Å²) in [6.45, 7) is 7.76. The first-order chi connectivity index (χ1) is 13.1. The van der Waals surface area contributed by atoms with Crippen molar-refractivity contribution in [2.75, 3.05) is 46.3 Å². The molecule has 1 aromatic carbocycles. The molecule has 3 amide bonds. The number of hydrogen-bond acceptors (Lipinski definition) is 4. The van der Waals surface area contributed by atoms with Crippen LogP contribution in [0.2, 0.25) is 0 Å². The van der Waals surface area contributed by atoms with Crippen molar-refractivity contribution in [1.29, 1.82) is 0 Å². The third kappa shape index (κ3) is 6.62. The average Bonchev–Trinajstić information content (AvgIpc) is 3.02. The Morgan fingerprint density at radius 3 is 2.43 bits per heavy atom. The van der Waals surface area contributed by atoms with Crippen LogP contribution in [0.25, 0.3) is 0 Å². The predicted molar refractivity (Wildman–Crippen MR) is 122 cm³/mol. The number of aliphatic imine (C=N–C) groups is 1. The molecule has 0 radical (unpaired) electrons. The Morgan fingerprint density at radius 2 is 1.89 bits per heavy atom. The zero-order valence-electron chi connectivity index (χ0n) is 16.8. The molecule has 28 heavy (non-hydrogen) atoms. The molecule has 0 aliphatic carbocycles. The van der Waals surface area contributed by atoms with Crippen LogP contribution in [0.3, 0.4) is 0 Å². The molecule has 0 saturated carbocycles. The number of carbonyl (C=O) groups is 2. The highest BCUT2D eigenvalue weighted by Gasteiger charge is 2.27. The highest BCUT2D eigenvalue weighted by molar-refractivity contribution is 14.0. The molecule has 1 aliphatic rings. The molecule has 2 rings (SSSR count). The van der Waals surface area contributed by atoms with E-state index >= 15 is 0 Å². The van der Waals surface area contributed by atoms with E-state index in [1.807, 2.05) is 6.07 Å². The normalized spacial score (nSPS) is 15.3. The van der Waals surface area contributed by atoms with Gasteiger partial charge in [0.1, 0.15) is 0 Å². The molecule has 1 aliphatic heterocycles. The molecule has 9 heteroatoms. The number of imide groups is 1. The van der Waals surface area contributed by atoms with Gasteiger partial charge in [0.2, 0.25) is 5.91 Å². The number of carbonyl (C=O) groups excluding carboxylic acids is 2. The van der Waals surface area contributed by atoms with Crippen molar-refractivity contribution in [3.63, 3.8) is 0 Å². The highest BCUT2D eigenvalue weighted by atomic mass is 127. The van der Waals surface area contributed by atoms with Crippen LogP contribution < -0.4 is 16.0 Å². The van der Waals surface area contributed by atoms with Gasteiger partial charge in [0.05, 0.1) is 12.6 Å². The number of nitrogens with zero attached hydrogens (tertiary/aromatic N) is 3. The van der Waals surface area contributed by atoms with Crippen LogP contribution in [-0.2, 0) is 4.79 Å². The van der Waals surface area contributed by atoms with Gasteiger partial charge in [-0.05, 0) is 18.7 Å². The maximum Gasteiger partial charge on any atom is 0.324 e. The summed E-state index contributed by atoms with van der Waals surface area (Å²) in [5, 5.41) is 9.04. The van der Waals surface area contributed by atoms with Crippen molar-refractivity contribution in [1.82, 2.24) is 25.8 Å². The number of halogens is 1. The smallest absolute Gasteiger partial charge is 0.324 e. The molecule has 1 unspecified atom stereocenters. The van der Waals surface area contributed by atoms with Gasteiger partial charge in [0, 0.05) is 26.7 Å². The lowest BCUT2D eigenvalue weighted by atomic mass is 10.1. The van der Waals surface area contributed by atoms with E-state index in [4.69, 9.17) is 0 Å². The molecule has 1 atom stereocenters. The van der Waals surface area contributed by atoms with Crippen LogP contribution >= 0.6 is 24.0 Å². The Labute approximate surface area is 184 Å². The Morgan fingerprint density at radius 1 is 1.21 bits per heavy atom. The van der Waals surface area contributed by atoms with E-state index in [0.29, 0.717) is 25.6 Å². The first kappa shape index (κ1) is 24.2. The van der Waals surface area contributed by atoms with E-state index < -0.39 is 0 Å². The lowest BCUT2D eigenvalue weighted by Crippen LogP contribution is -2.46. The lowest BCUT2D eigenvalue weighted by molar-refractivity contribution is -0.124. The number of hydrogen-bond donors (Lipinski definition) is 3. The van der Waals surface area contributed by atoms with Crippen molar-refractivity contribution in [3.8, 4) is 0 Å². The Balaban J connectivity index is 0.00000392. The maximum absolute atomic E-state index is 11.6. The number of likely N-dealkylation sites (N-methyl/N-ethyl adjacent to an activating group) is 1. The zero-order valence-corrected chi connectivity index (χ0v) is 19.1.